The number of benzene rings is 1. The molecule has 0 saturated carbocycles. The van der Waals surface area contributed by atoms with Crippen LogP contribution in [0.15, 0.2) is 30.3 Å². The van der Waals surface area contributed by atoms with Gasteiger partial charge in [0.25, 0.3) is 0 Å². The van der Waals surface area contributed by atoms with Gasteiger partial charge in [0.15, 0.2) is 0 Å². The van der Waals surface area contributed by atoms with E-state index in [1.54, 1.807) is 0 Å². The molecule has 0 bridgehead atoms. The fraction of sp³-hybridized carbons (Fsp3) is 0.429. The maximum Gasteiger partial charge on any atom is 0.326 e. The van der Waals surface area contributed by atoms with Crippen molar-refractivity contribution in [2.24, 2.45) is 0 Å². The Morgan fingerprint density at radius 2 is 2.00 bits per heavy atom. The molecule has 1 saturated heterocycles. The van der Waals surface area contributed by atoms with Crippen molar-refractivity contribution >= 4 is 22.1 Å². The van der Waals surface area contributed by atoms with Gasteiger partial charge in [0.1, 0.15) is 11.3 Å². The Labute approximate surface area is 127 Å². The minimum absolute atomic E-state index is 0.143. The van der Waals surface area contributed by atoms with Gasteiger partial charge in [0.2, 0.25) is 5.91 Å². The number of halogens is 1. The number of aryl methyl sites for hydroxylation is 1. The van der Waals surface area contributed by atoms with Crippen molar-refractivity contribution in [3.05, 3.63) is 35.9 Å². The summed E-state index contributed by atoms with van der Waals surface area (Å²) >= 11 is 0. The van der Waals surface area contributed by atoms with E-state index in [9.17, 15) is 27.0 Å². The smallest absolute Gasteiger partial charge is 0.326 e. The summed E-state index contributed by atoms with van der Waals surface area (Å²) in [6.07, 6.45) is 0.0622. The van der Waals surface area contributed by atoms with Crippen LogP contribution in [0.5, 0.6) is 0 Å². The fourth-order valence-corrected chi connectivity index (χ4v) is 3.23. The van der Waals surface area contributed by atoms with E-state index in [2.05, 4.69) is 0 Å². The van der Waals surface area contributed by atoms with Crippen LogP contribution in [0.4, 0.5) is 3.89 Å². The minimum atomic E-state index is -4.85. The van der Waals surface area contributed by atoms with E-state index in [4.69, 9.17) is 0 Å². The number of carbonyl (C=O) groups excluding carboxylic acids is 1. The van der Waals surface area contributed by atoms with Gasteiger partial charge >= 0.3 is 16.2 Å². The molecule has 1 N–H and O–H groups in total. The van der Waals surface area contributed by atoms with E-state index in [-0.39, 0.29) is 6.42 Å². The Bertz CT molecular complexity index is 661. The number of aliphatic carboxylic acids is 1. The number of hydrogen-bond acceptors (Lipinski definition) is 4. The fourth-order valence-electron chi connectivity index (χ4n) is 2.55. The zero-order chi connectivity index (χ0) is 16.3. The van der Waals surface area contributed by atoms with Crippen molar-refractivity contribution in [2.75, 3.05) is 6.54 Å². The monoisotopic (exact) mass is 329 g/mol. The van der Waals surface area contributed by atoms with E-state index in [1.165, 1.54) is 0 Å². The summed E-state index contributed by atoms with van der Waals surface area (Å²) in [6.45, 7) is -0.413. The molecule has 6 nitrogen and oxygen atoms in total. The summed E-state index contributed by atoms with van der Waals surface area (Å²) < 4.78 is 34.8. The maximum absolute atomic E-state index is 13.0. The quantitative estimate of drug-likeness (QED) is 0.785. The van der Waals surface area contributed by atoms with E-state index >= 15 is 0 Å². The molecule has 2 rings (SSSR count). The molecule has 0 aliphatic carbocycles. The average molecular weight is 329 g/mol. The molecule has 1 fully saturated rings. The van der Waals surface area contributed by atoms with Gasteiger partial charge in [-0.15, -0.1) is 3.89 Å². The first-order valence-electron chi connectivity index (χ1n) is 6.78. The standard InChI is InChI=1S/C14H16FNO5S/c15-22(20,21)11-8-13(17)16(9-11)12(14(18)19)7-6-10-4-2-1-3-5-10/h1-5,11-12H,6-9H2,(H,18,19). The molecule has 2 unspecified atom stereocenters. The number of hydrogen-bond donors (Lipinski definition) is 1. The second-order valence-electron chi connectivity index (χ2n) is 5.23. The van der Waals surface area contributed by atoms with E-state index in [1.807, 2.05) is 30.3 Å². The SMILES string of the molecule is O=C(O)C(CCc1ccccc1)N1CC(S(=O)(=O)F)CC1=O. The summed E-state index contributed by atoms with van der Waals surface area (Å²) in [6, 6.07) is 7.98. The maximum atomic E-state index is 13.0. The van der Waals surface area contributed by atoms with E-state index in [0.717, 1.165) is 10.5 Å². The van der Waals surface area contributed by atoms with Crippen molar-refractivity contribution in [1.29, 1.82) is 0 Å². The molecule has 0 aromatic heterocycles. The molecule has 0 spiro atoms. The lowest BCUT2D eigenvalue weighted by Crippen LogP contribution is -2.43. The Balaban J connectivity index is 2.08. The van der Waals surface area contributed by atoms with Crippen LogP contribution >= 0.6 is 0 Å². The predicted octanol–water partition coefficient (Wildman–Crippen LogP) is 0.973. The summed E-state index contributed by atoms with van der Waals surface area (Å²) in [5.41, 5.74) is 0.912. The van der Waals surface area contributed by atoms with Crippen LogP contribution in [0.3, 0.4) is 0 Å². The van der Waals surface area contributed by atoms with Crippen LogP contribution in [0, 0.1) is 0 Å². The van der Waals surface area contributed by atoms with Crippen LogP contribution in [-0.2, 0) is 26.2 Å². The lowest BCUT2D eigenvalue weighted by molar-refractivity contribution is -0.148. The molecule has 120 valence electrons. The van der Waals surface area contributed by atoms with Crippen LogP contribution in [0.2, 0.25) is 0 Å². The Morgan fingerprint density at radius 3 is 2.50 bits per heavy atom. The molecular weight excluding hydrogens is 313 g/mol. The normalized spacial score (nSPS) is 20.1. The van der Waals surface area contributed by atoms with Gasteiger partial charge in [0, 0.05) is 13.0 Å². The third kappa shape index (κ3) is 3.82. The van der Waals surface area contributed by atoms with Crippen LogP contribution in [0.25, 0.3) is 0 Å². The van der Waals surface area contributed by atoms with Crippen LogP contribution in [0.1, 0.15) is 18.4 Å². The predicted molar refractivity (Wildman–Crippen MR) is 76.3 cm³/mol. The molecule has 1 aliphatic heterocycles. The van der Waals surface area contributed by atoms with E-state index in [0.29, 0.717) is 6.42 Å². The number of rotatable bonds is 6. The van der Waals surface area contributed by atoms with Gasteiger partial charge < -0.3 is 10.0 Å². The highest BCUT2D eigenvalue weighted by Gasteiger charge is 2.43. The van der Waals surface area contributed by atoms with Crippen LogP contribution < -0.4 is 0 Å². The average Bonchev–Trinajstić information content (AvgIpc) is 2.82. The molecule has 1 amide bonds. The number of carboxylic acids is 1. The topological polar surface area (TPSA) is 91.8 Å². The van der Waals surface area contributed by atoms with Gasteiger partial charge in [0.05, 0.1) is 0 Å². The first kappa shape index (κ1) is 16.4. The molecule has 1 heterocycles. The molecule has 1 aromatic rings. The van der Waals surface area contributed by atoms with Gasteiger partial charge in [-0.2, -0.15) is 8.42 Å². The second-order valence-corrected chi connectivity index (χ2v) is 6.84. The van der Waals surface area contributed by atoms with Gasteiger partial charge in [-0.05, 0) is 18.4 Å². The highest BCUT2D eigenvalue weighted by atomic mass is 32.3. The lowest BCUT2D eigenvalue weighted by Gasteiger charge is -2.24. The minimum Gasteiger partial charge on any atom is -0.480 e. The number of amides is 1. The van der Waals surface area contributed by atoms with E-state index < -0.39 is 46.4 Å². The van der Waals surface area contributed by atoms with Crippen molar-refractivity contribution in [1.82, 2.24) is 4.90 Å². The summed E-state index contributed by atoms with van der Waals surface area (Å²) in [7, 11) is -4.85. The second kappa shape index (κ2) is 6.43. The summed E-state index contributed by atoms with van der Waals surface area (Å²) in [5.74, 6) is -1.87. The van der Waals surface area contributed by atoms with Gasteiger partial charge in [-0.3, -0.25) is 4.79 Å². The molecule has 8 heteroatoms. The highest BCUT2D eigenvalue weighted by molar-refractivity contribution is 7.87. The molecular formula is C14H16FNO5S. The highest BCUT2D eigenvalue weighted by Crippen LogP contribution is 2.23. The number of likely N-dealkylation sites (tertiary alicyclic amines) is 1. The molecule has 1 aromatic carbocycles. The molecule has 0 radical (unpaired) electrons. The number of carbonyl (C=O) groups is 2. The van der Waals surface area contributed by atoms with Crippen molar-refractivity contribution in [3.63, 3.8) is 0 Å². The van der Waals surface area contributed by atoms with Crippen molar-refractivity contribution in [2.45, 2.75) is 30.6 Å². The molecule has 22 heavy (non-hydrogen) atoms. The third-order valence-corrected chi connectivity index (χ3v) is 4.84. The number of carboxylic acid groups (broad SMARTS) is 1. The lowest BCUT2D eigenvalue weighted by atomic mass is 10.0. The van der Waals surface area contributed by atoms with Crippen LogP contribution in [-0.4, -0.2) is 48.1 Å². The van der Waals surface area contributed by atoms with Gasteiger partial charge in [-0.1, -0.05) is 30.3 Å². The van der Waals surface area contributed by atoms with Gasteiger partial charge in [-0.25, -0.2) is 4.79 Å². The Kier molecular flexibility index (Phi) is 4.80. The zero-order valence-electron chi connectivity index (χ0n) is 11.7. The molecule has 1 aliphatic rings. The first-order valence-corrected chi connectivity index (χ1v) is 8.23. The third-order valence-electron chi connectivity index (χ3n) is 3.73. The Morgan fingerprint density at radius 1 is 1.36 bits per heavy atom. The van der Waals surface area contributed by atoms with Crippen molar-refractivity contribution < 1.29 is 27.0 Å². The number of nitrogens with zero attached hydrogens (tertiary/aromatic N) is 1. The summed E-state index contributed by atoms with van der Waals surface area (Å²) in [5, 5.41) is 7.81. The Hall–Kier alpha value is -1.96. The van der Waals surface area contributed by atoms with Crippen molar-refractivity contribution in [3.8, 4) is 0 Å². The zero-order valence-corrected chi connectivity index (χ0v) is 12.5. The largest absolute Gasteiger partial charge is 0.480 e. The molecule has 2 atom stereocenters. The first-order chi connectivity index (χ1) is 10.3. The summed E-state index contributed by atoms with van der Waals surface area (Å²) in [4.78, 5) is 24.1.